The Morgan fingerprint density at radius 2 is 2.00 bits per heavy atom. The van der Waals surface area contributed by atoms with E-state index in [-0.39, 0.29) is 12.5 Å². The van der Waals surface area contributed by atoms with E-state index in [1.807, 2.05) is 18.2 Å². The highest BCUT2D eigenvalue weighted by Gasteiger charge is 2.25. The molecule has 0 bridgehead atoms. The largest absolute Gasteiger partial charge is 0.497 e. The number of allylic oxidation sites excluding steroid dienone is 4. The molecule has 0 aromatic heterocycles. The Morgan fingerprint density at radius 3 is 2.66 bits per heavy atom. The average molecular weight is 521 g/mol. The lowest BCUT2D eigenvalue weighted by Gasteiger charge is -2.37. The quantitative estimate of drug-likeness (QED) is 0.336. The number of ether oxygens (including phenoxy) is 3. The number of carbonyl (C=O) groups is 1. The van der Waals surface area contributed by atoms with Crippen LogP contribution in [0.4, 0.5) is 5.69 Å². The normalized spacial score (nSPS) is 18.5. The van der Waals surface area contributed by atoms with Crippen LogP contribution in [0.15, 0.2) is 78.3 Å². The Morgan fingerprint density at radius 1 is 1.24 bits per heavy atom. The zero-order chi connectivity index (χ0) is 27.5. The monoisotopic (exact) mass is 520 g/mol. The topological polar surface area (TPSA) is 60.0 Å². The molecule has 1 aliphatic carbocycles. The Balaban J connectivity index is 1.94. The van der Waals surface area contributed by atoms with Crippen LogP contribution in [0.25, 0.3) is 0 Å². The fourth-order valence-corrected chi connectivity index (χ4v) is 5.11. The van der Waals surface area contributed by atoms with Gasteiger partial charge in [-0.1, -0.05) is 37.3 Å². The second-order valence-corrected chi connectivity index (χ2v) is 9.85. The Hall–Kier alpha value is -3.25. The highest BCUT2D eigenvalue weighted by Crippen LogP contribution is 2.30. The molecule has 6 heteroatoms. The van der Waals surface area contributed by atoms with Crippen molar-refractivity contribution in [3.63, 3.8) is 0 Å². The molecule has 6 nitrogen and oxygen atoms in total. The SMILES string of the molecule is C=CCOC1=C(CNC(=O)c2cccc(N(CC)C3CCOCC3)c2CC=C)C(OC)=CCC(C)C(C)=C1. The van der Waals surface area contributed by atoms with Gasteiger partial charge in [0.2, 0.25) is 0 Å². The van der Waals surface area contributed by atoms with E-state index in [0.717, 1.165) is 61.6 Å². The van der Waals surface area contributed by atoms with Crippen LogP contribution >= 0.6 is 0 Å². The number of hydrogen-bond acceptors (Lipinski definition) is 5. The number of nitrogens with one attached hydrogen (secondary N) is 1. The van der Waals surface area contributed by atoms with E-state index in [1.165, 1.54) is 5.57 Å². The first kappa shape index (κ1) is 29.3. The van der Waals surface area contributed by atoms with Gasteiger partial charge in [0.15, 0.2) is 0 Å². The minimum Gasteiger partial charge on any atom is -0.497 e. The van der Waals surface area contributed by atoms with Gasteiger partial charge in [-0.3, -0.25) is 4.79 Å². The van der Waals surface area contributed by atoms with Gasteiger partial charge in [-0.2, -0.15) is 0 Å². The van der Waals surface area contributed by atoms with Gasteiger partial charge in [0.05, 0.1) is 19.2 Å². The van der Waals surface area contributed by atoms with E-state index in [2.05, 4.69) is 62.4 Å². The van der Waals surface area contributed by atoms with E-state index in [0.29, 0.717) is 36.3 Å². The van der Waals surface area contributed by atoms with E-state index >= 15 is 0 Å². The molecular formula is C32H44N2O4. The fourth-order valence-electron chi connectivity index (χ4n) is 5.11. The Labute approximate surface area is 228 Å². The van der Waals surface area contributed by atoms with Gasteiger partial charge in [0, 0.05) is 37.1 Å². The van der Waals surface area contributed by atoms with Crippen molar-refractivity contribution in [2.24, 2.45) is 5.92 Å². The first-order valence-corrected chi connectivity index (χ1v) is 13.7. The van der Waals surface area contributed by atoms with Crippen LogP contribution in [-0.2, 0) is 20.6 Å². The summed E-state index contributed by atoms with van der Waals surface area (Å²) in [5.74, 6) is 1.64. The summed E-state index contributed by atoms with van der Waals surface area (Å²) in [6, 6.07) is 6.39. The molecule has 0 radical (unpaired) electrons. The maximum Gasteiger partial charge on any atom is 0.251 e. The lowest BCUT2D eigenvalue weighted by molar-refractivity contribution is 0.0845. The summed E-state index contributed by atoms with van der Waals surface area (Å²) in [5.41, 5.74) is 4.78. The maximum absolute atomic E-state index is 13.7. The predicted molar refractivity (Wildman–Crippen MR) is 155 cm³/mol. The van der Waals surface area contributed by atoms with E-state index in [1.54, 1.807) is 13.2 Å². The summed E-state index contributed by atoms with van der Waals surface area (Å²) in [6.07, 6.45) is 11.1. The summed E-state index contributed by atoms with van der Waals surface area (Å²) >= 11 is 0. The standard InChI is InChI=1S/C32H44N2O4/c1-7-11-26-27(12-10-13-29(26)34(9-3)25-16-19-37-20-17-25)32(35)33-22-28-30(36-6)15-14-23(4)24(5)21-31(28)38-18-8-2/h7-8,10,12-13,15,21,23,25H,1-2,9,11,14,16-20,22H2,3-6H3,(H,33,35). The Bertz CT molecular complexity index is 1080. The Kier molecular flexibility index (Phi) is 11.3. The molecule has 3 rings (SSSR count). The molecule has 1 amide bonds. The van der Waals surface area contributed by atoms with E-state index < -0.39 is 0 Å². The van der Waals surface area contributed by atoms with Crippen molar-refractivity contribution in [1.29, 1.82) is 0 Å². The van der Waals surface area contributed by atoms with Crippen molar-refractivity contribution in [2.75, 3.05) is 44.9 Å². The number of amides is 1. The van der Waals surface area contributed by atoms with Crippen molar-refractivity contribution in [3.8, 4) is 0 Å². The maximum atomic E-state index is 13.7. The number of nitrogens with zero attached hydrogens (tertiary/aromatic N) is 1. The predicted octanol–water partition coefficient (Wildman–Crippen LogP) is 6.12. The van der Waals surface area contributed by atoms with Crippen LogP contribution in [0.5, 0.6) is 0 Å². The summed E-state index contributed by atoms with van der Waals surface area (Å²) in [5, 5.41) is 3.15. The minimum atomic E-state index is -0.131. The van der Waals surface area contributed by atoms with Crippen LogP contribution in [0.3, 0.4) is 0 Å². The van der Waals surface area contributed by atoms with Crippen LogP contribution in [0.2, 0.25) is 0 Å². The summed E-state index contributed by atoms with van der Waals surface area (Å²) in [7, 11) is 1.66. The zero-order valence-corrected chi connectivity index (χ0v) is 23.6. The number of anilines is 1. The lowest BCUT2D eigenvalue weighted by Crippen LogP contribution is -2.40. The van der Waals surface area contributed by atoms with Gasteiger partial charge >= 0.3 is 0 Å². The van der Waals surface area contributed by atoms with Crippen molar-refractivity contribution < 1.29 is 19.0 Å². The summed E-state index contributed by atoms with van der Waals surface area (Å²) in [4.78, 5) is 16.1. The van der Waals surface area contributed by atoms with Crippen molar-refractivity contribution in [1.82, 2.24) is 5.32 Å². The van der Waals surface area contributed by atoms with Crippen molar-refractivity contribution in [2.45, 2.75) is 52.5 Å². The average Bonchev–Trinajstić information content (AvgIpc) is 2.93. The molecule has 206 valence electrons. The molecule has 0 saturated carbocycles. The van der Waals surface area contributed by atoms with Gasteiger partial charge in [-0.25, -0.2) is 0 Å². The molecule has 1 fully saturated rings. The third-order valence-corrected chi connectivity index (χ3v) is 7.42. The van der Waals surface area contributed by atoms with E-state index in [4.69, 9.17) is 14.2 Å². The molecule has 1 heterocycles. The number of carbonyl (C=O) groups excluding carboxylic acids is 1. The van der Waals surface area contributed by atoms with Gasteiger partial charge in [-0.15, -0.1) is 6.58 Å². The third kappa shape index (κ3) is 7.19. The molecule has 38 heavy (non-hydrogen) atoms. The number of rotatable bonds is 12. The molecular weight excluding hydrogens is 476 g/mol. The van der Waals surface area contributed by atoms with Gasteiger partial charge in [0.25, 0.3) is 5.91 Å². The second kappa shape index (κ2) is 14.6. The number of hydrogen-bond donors (Lipinski definition) is 1. The third-order valence-electron chi connectivity index (χ3n) is 7.42. The molecule has 1 N–H and O–H groups in total. The van der Waals surface area contributed by atoms with Crippen molar-refractivity contribution in [3.05, 3.63) is 89.5 Å². The molecule has 1 aliphatic heterocycles. The van der Waals surface area contributed by atoms with Crippen LogP contribution < -0.4 is 10.2 Å². The van der Waals surface area contributed by atoms with E-state index in [9.17, 15) is 4.79 Å². The highest BCUT2D eigenvalue weighted by molar-refractivity contribution is 5.97. The molecule has 1 aromatic rings. The van der Waals surface area contributed by atoms with Crippen molar-refractivity contribution >= 4 is 11.6 Å². The first-order valence-electron chi connectivity index (χ1n) is 13.7. The number of benzene rings is 1. The molecule has 1 aromatic carbocycles. The molecule has 1 atom stereocenters. The van der Waals surface area contributed by atoms with Crippen LogP contribution in [0, 0.1) is 5.92 Å². The van der Waals surface area contributed by atoms with Crippen LogP contribution in [-0.4, -0.2) is 52.0 Å². The lowest BCUT2D eigenvalue weighted by atomic mass is 9.94. The highest BCUT2D eigenvalue weighted by atomic mass is 16.5. The smallest absolute Gasteiger partial charge is 0.251 e. The van der Waals surface area contributed by atoms with Gasteiger partial charge < -0.3 is 24.4 Å². The summed E-state index contributed by atoms with van der Waals surface area (Å²) < 4.78 is 17.4. The fraction of sp³-hybridized carbons (Fsp3) is 0.469. The van der Waals surface area contributed by atoms with Gasteiger partial charge in [0.1, 0.15) is 18.1 Å². The minimum absolute atomic E-state index is 0.131. The summed E-state index contributed by atoms with van der Waals surface area (Å²) in [6.45, 7) is 17.3. The molecule has 2 aliphatic rings. The van der Waals surface area contributed by atoms with Crippen LogP contribution in [0.1, 0.15) is 56.0 Å². The molecule has 1 saturated heterocycles. The second-order valence-electron chi connectivity index (χ2n) is 9.85. The molecule has 0 spiro atoms. The zero-order valence-electron chi connectivity index (χ0n) is 23.6. The molecule has 1 unspecified atom stereocenters. The van der Waals surface area contributed by atoms with Gasteiger partial charge in [-0.05, 0) is 75.3 Å². The number of methoxy groups -OCH3 is 1. The first-order chi connectivity index (χ1) is 18.4.